The SMILES string of the molecule is CCn1cc(-c2cc(Cn3ccnc3C)cc3c2CCCC3)c(C(F)(F)F)n1. The zero-order valence-corrected chi connectivity index (χ0v) is 16.1. The molecule has 0 fully saturated rings. The topological polar surface area (TPSA) is 35.6 Å². The maximum absolute atomic E-state index is 13.7. The summed E-state index contributed by atoms with van der Waals surface area (Å²) in [6.45, 7) is 4.71. The van der Waals surface area contributed by atoms with Crippen LogP contribution in [0.2, 0.25) is 0 Å². The highest BCUT2D eigenvalue weighted by molar-refractivity contribution is 5.72. The number of imidazole rings is 1. The third-order valence-corrected chi connectivity index (χ3v) is 5.45. The Hall–Kier alpha value is -2.57. The zero-order chi connectivity index (χ0) is 19.9. The van der Waals surface area contributed by atoms with Crippen LogP contribution in [-0.2, 0) is 32.1 Å². The van der Waals surface area contributed by atoms with Gasteiger partial charge in [-0.2, -0.15) is 18.3 Å². The highest BCUT2D eigenvalue weighted by Gasteiger charge is 2.38. The van der Waals surface area contributed by atoms with Crippen molar-refractivity contribution >= 4 is 0 Å². The number of aromatic nitrogens is 4. The lowest BCUT2D eigenvalue weighted by Crippen LogP contribution is -2.11. The van der Waals surface area contributed by atoms with Crippen LogP contribution in [0.3, 0.4) is 0 Å². The minimum absolute atomic E-state index is 0.191. The second-order valence-electron chi connectivity index (χ2n) is 7.34. The second-order valence-corrected chi connectivity index (χ2v) is 7.34. The number of aryl methyl sites for hydroxylation is 3. The van der Waals surface area contributed by atoms with Crippen molar-refractivity contribution in [1.82, 2.24) is 19.3 Å². The number of halogens is 3. The van der Waals surface area contributed by atoms with Crippen LogP contribution in [0, 0.1) is 6.92 Å². The summed E-state index contributed by atoms with van der Waals surface area (Å²) >= 11 is 0. The van der Waals surface area contributed by atoms with Crippen molar-refractivity contribution in [3.05, 3.63) is 58.9 Å². The first-order valence-electron chi connectivity index (χ1n) is 9.64. The van der Waals surface area contributed by atoms with Gasteiger partial charge in [0.25, 0.3) is 0 Å². The molecule has 0 unspecified atom stereocenters. The van der Waals surface area contributed by atoms with Gasteiger partial charge in [0.05, 0.1) is 0 Å². The van der Waals surface area contributed by atoms with E-state index in [9.17, 15) is 13.2 Å². The van der Waals surface area contributed by atoms with E-state index in [0.717, 1.165) is 48.2 Å². The van der Waals surface area contributed by atoms with E-state index >= 15 is 0 Å². The summed E-state index contributed by atoms with van der Waals surface area (Å²) in [4.78, 5) is 4.24. The summed E-state index contributed by atoms with van der Waals surface area (Å²) in [6.07, 6.45) is 4.48. The fraction of sp³-hybridized carbons (Fsp3) is 0.429. The molecule has 2 aromatic heterocycles. The van der Waals surface area contributed by atoms with Crippen LogP contribution in [0.5, 0.6) is 0 Å². The molecule has 2 heterocycles. The number of benzene rings is 1. The molecule has 4 rings (SSSR count). The molecule has 0 saturated heterocycles. The lowest BCUT2D eigenvalue weighted by atomic mass is 9.84. The summed E-state index contributed by atoms with van der Waals surface area (Å²) < 4.78 is 44.4. The molecule has 0 aliphatic heterocycles. The molecule has 0 radical (unpaired) electrons. The summed E-state index contributed by atoms with van der Waals surface area (Å²) in [5.41, 5.74) is 3.27. The number of nitrogens with zero attached hydrogens (tertiary/aromatic N) is 4. The van der Waals surface area contributed by atoms with Gasteiger partial charge in [0.2, 0.25) is 0 Å². The van der Waals surface area contributed by atoms with Crippen LogP contribution in [-0.4, -0.2) is 19.3 Å². The molecule has 0 N–H and O–H groups in total. The molecule has 1 aliphatic carbocycles. The third-order valence-electron chi connectivity index (χ3n) is 5.45. The predicted octanol–water partition coefficient (Wildman–Crippen LogP) is 5.02. The molecule has 0 amide bonds. The van der Waals surface area contributed by atoms with E-state index in [1.807, 2.05) is 23.8 Å². The Morgan fingerprint density at radius 1 is 1.11 bits per heavy atom. The summed E-state index contributed by atoms with van der Waals surface area (Å²) in [5.74, 6) is 0.883. The third kappa shape index (κ3) is 3.45. The average molecular weight is 388 g/mol. The first-order chi connectivity index (χ1) is 13.4. The van der Waals surface area contributed by atoms with Gasteiger partial charge in [0.1, 0.15) is 5.82 Å². The number of alkyl halides is 3. The quantitative estimate of drug-likeness (QED) is 0.629. The smallest absolute Gasteiger partial charge is 0.331 e. The Balaban J connectivity index is 1.88. The number of fused-ring (bicyclic) bond motifs is 1. The highest BCUT2D eigenvalue weighted by atomic mass is 19.4. The van der Waals surface area contributed by atoms with Crippen LogP contribution < -0.4 is 0 Å². The molecule has 0 saturated carbocycles. The first kappa shape index (κ1) is 18.8. The van der Waals surface area contributed by atoms with Crippen LogP contribution in [0.25, 0.3) is 11.1 Å². The second kappa shape index (κ2) is 7.11. The number of hydrogen-bond donors (Lipinski definition) is 0. The van der Waals surface area contributed by atoms with E-state index in [-0.39, 0.29) is 5.56 Å². The summed E-state index contributed by atoms with van der Waals surface area (Å²) in [5, 5.41) is 3.82. The van der Waals surface area contributed by atoms with E-state index in [4.69, 9.17) is 0 Å². The molecule has 4 nitrogen and oxygen atoms in total. The molecule has 0 bridgehead atoms. The Labute approximate surface area is 162 Å². The van der Waals surface area contributed by atoms with Gasteiger partial charge in [0, 0.05) is 37.2 Å². The lowest BCUT2D eigenvalue weighted by molar-refractivity contribution is -0.141. The van der Waals surface area contributed by atoms with Crippen molar-refractivity contribution in [3.8, 4) is 11.1 Å². The number of rotatable bonds is 4. The normalized spacial score (nSPS) is 14.3. The molecular formula is C21H23F3N4. The Bertz CT molecular complexity index is 998. The van der Waals surface area contributed by atoms with Crippen LogP contribution >= 0.6 is 0 Å². The molecule has 0 atom stereocenters. The van der Waals surface area contributed by atoms with Crippen molar-refractivity contribution in [2.45, 2.75) is 58.8 Å². The minimum Gasteiger partial charge on any atom is -0.331 e. The Morgan fingerprint density at radius 3 is 2.57 bits per heavy atom. The fourth-order valence-corrected chi connectivity index (χ4v) is 4.02. The van der Waals surface area contributed by atoms with Crippen LogP contribution in [0.1, 0.15) is 48.0 Å². The van der Waals surface area contributed by atoms with Gasteiger partial charge in [0.15, 0.2) is 5.69 Å². The van der Waals surface area contributed by atoms with Gasteiger partial charge in [-0.05, 0) is 67.9 Å². The predicted molar refractivity (Wildman–Crippen MR) is 101 cm³/mol. The van der Waals surface area contributed by atoms with Crippen molar-refractivity contribution < 1.29 is 13.2 Å². The fourth-order valence-electron chi connectivity index (χ4n) is 4.02. The van der Waals surface area contributed by atoms with Gasteiger partial charge < -0.3 is 4.57 Å². The van der Waals surface area contributed by atoms with Crippen LogP contribution in [0.4, 0.5) is 13.2 Å². The van der Waals surface area contributed by atoms with Gasteiger partial charge in [-0.1, -0.05) is 6.07 Å². The lowest BCUT2D eigenvalue weighted by Gasteiger charge is -2.22. The molecule has 1 aliphatic rings. The highest BCUT2D eigenvalue weighted by Crippen LogP contribution is 2.40. The molecule has 1 aromatic carbocycles. The molecule has 7 heteroatoms. The molecule has 3 aromatic rings. The largest absolute Gasteiger partial charge is 0.435 e. The maximum atomic E-state index is 13.7. The first-order valence-corrected chi connectivity index (χ1v) is 9.64. The van der Waals surface area contributed by atoms with Crippen LogP contribution in [0.15, 0.2) is 30.7 Å². The van der Waals surface area contributed by atoms with Gasteiger partial charge in [-0.3, -0.25) is 4.68 Å². The molecular weight excluding hydrogens is 365 g/mol. The summed E-state index contributed by atoms with van der Waals surface area (Å²) in [7, 11) is 0. The van der Waals surface area contributed by atoms with Crippen molar-refractivity contribution in [1.29, 1.82) is 0 Å². The Morgan fingerprint density at radius 2 is 1.89 bits per heavy atom. The summed E-state index contributed by atoms with van der Waals surface area (Å²) in [6, 6.07) is 4.06. The molecule has 28 heavy (non-hydrogen) atoms. The standard InChI is InChI=1S/C21H23F3N4/c1-3-28-13-19(20(26-28)21(22,23)24)18-11-15(12-27-9-8-25-14(27)2)10-16-6-4-5-7-17(16)18/h8-11,13H,3-7,12H2,1-2H3. The van der Waals surface area contributed by atoms with E-state index in [0.29, 0.717) is 18.7 Å². The molecule has 0 spiro atoms. The molecule has 148 valence electrons. The van der Waals surface area contributed by atoms with Crippen molar-refractivity contribution in [2.75, 3.05) is 0 Å². The van der Waals surface area contributed by atoms with Gasteiger partial charge in [-0.15, -0.1) is 0 Å². The van der Waals surface area contributed by atoms with E-state index < -0.39 is 11.9 Å². The minimum atomic E-state index is -4.48. The van der Waals surface area contributed by atoms with Gasteiger partial charge >= 0.3 is 6.18 Å². The van der Waals surface area contributed by atoms with Gasteiger partial charge in [-0.25, -0.2) is 4.98 Å². The van der Waals surface area contributed by atoms with E-state index in [1.54, 1.807) is 19.3 Å². The monoisotopic (exact) mass is 388 g/mol. The van der Waals surface area contributed by atoms with E-state index in [1.165, 1.54) is 4.68 Å². The average Bonchev–Trinajstić information content (AvgIpc) is 3.27. The van der Waals surface area contributed by atoms with Crippen molar-refractivity contribution in [3.63, 3.8) is 0 Å². The van der Waals surface area contributed by atoms with Crippen molar-refractivity contribution in [2.24, 2.45) is 0 Å². The Kier molecular flexibility index (Phi) is 4.77. The van der Waals surface area contributed by atoms with E-state index in [2.05, 4.69) is 16.1 Å². The number of hydrogen-bond acceptors (Lipinski definition) is 2. The maximum Gasteiger partial charge on any atom is 0.435 e. The zero-order valence-electron chi connectivity index (χ0n) is 16.1.